The molecule has 2 heterocycles. The van der Waals surface area contributed by atoms with Gasteiger partial charge in [0.05, 0.1) is 5.92 Å². The Balaban J connectivity index is 0.000000645. The normalized spacial score (nSPS) is 20.4. The summed E-state index contributed by atoms with van der Waals surface area (Å²) in [6, 6.07) is 3.95. The molecule has 3 rings (SSSR count). The van der Waals surface area contributed by atoms with Gasteiger partial charge in [-0.3, -0.25) is 9.59 Å². The number of esters is 2. The molecule has 0 aromatic carbocycles. The van der Waals surface area contributed by atoms with Gasteiger partial charge in [-0.05, 0) is 63.0 Å². The Kier molecular flexibility index (Phi) is 14.5. The zero-order valence-corrected chi connectivity index (χ0v) is 22.7. The molecule has 2 atom stereocenters. The van der Waals surface area contributed by atoms with Crippen LogP contribution in [0.4, 0.5) is 0 Å². The molecular weight excluding hydrogens is 474 g/mol. The molecule has 204 valence electrons. The highest BCUT2D eigenvalue weighted by Gasteiger charge is 2.26. The van der Waals surface area contributed by atoms with Crippen LogP contribution in [-0.2, 0) is 28.6 Å². The molecule has 2 unspecified atom stereocenters. The molecule has 0 spiro atoms. The van der Waals surface area contributed by atoms with Crippen molar-refractivity contribution >= 4 is 18.4 Å². The second kappa shape index (κ2) is 17.0. The average Bonchev–Trinajstić information content (AvgIpc) is 3.27. The summed E-state index contributed by atoms with van der Waals surface area (Å²) >= 11 is 0. The van der Waals surface area contributed by atoms with E-state index in [4.69, 9.17) is 18.6 Å². The SMILES string of the molecule is C=C.CC/C(=C\C=C1\C=C(NC2CCCC(OC=O)C2)C(=O)OC1)OC(=O)C(C)C.Cc1ccc(C)o1. The van der Waals surface area contributed by atoms with Crippen LogP contribution in [0.2, 0.25) is 0 Å². The number of nitrogens with one attached hydrogen (secondary N) is 1. The number of aryl methyl sites for hydroxylation is 2. The number of allylic oxidation sites excluding steroid dienone is 3. The topological polar surface area (TPSA) is 104 Å². The van der Waals surface area contributed by atoms with Crippen LogP contribution in [-0.4, -0.2) is 37.2 Å². The molecule has 37 heavy (non-hydrogen) atoms. The maximum atomic E-state index is 12.1. The van der Waals surface area contributed by atoms with Gasteiger partial charge < -0.3 is 23.9 Å². The standard InChI is InChI=1S/C21H29NO6.C6H8O.C2H4/c1-4-17(28-20(24)14(2)3)9-8-15-10-19(21(25)26-12-15)22-16-6-5-7-18(11-16)27-13-23;1-5-3-4-6(2)7-5;1-2/h8-10,13-14,16,18,22H,4-7,11-12H2,1-3H3;3-4H,1-2H3;1-2H2/b15-8-,17-9+;;. The molecule has 8 nitrogen and oxygen atoms in total. The van der Waals surface area contributed by atoms with E-state index >= 15 is 0 Å². The third-order valence-electron chi connectivity index (χ3n) is 5.56. The molecule has 1 fully saturated rings. The van der Waals surface area contributed by atoms with Gasteiger partial charge in [-0.15, -0.1) is 13.2 Å². The van der Waals surface area contributed by atoms with Gasteiger partial charge in [-0.2, -0.15) is 0 Å². The lowest BCUT2D eigenvalue weighted by Gasteiger charge is -2.30. The predicted octanol–water partition coefficient (Wildman–Crippen LogP) is 5.62. The monoisotopic (exact) mass is 515 g/mol. The zero-order chi connectivity index (χ0) is 27.8. The molecule has 1 aliphatic heterocycles. The van der Waals surface area contributed by atoms with Crippen LogP contribution in [0.5, 0.6) is 0 Å². The smallest absolute Gasteiger partial charge is 0.354 e. The van der Waals surface area contributed by atoms with Crippen molar-refractivity contribution in [3.63, 3.8) is 0 Å². The third-order valence-corrected chi connectivity index (χ3v) is 5.56. The van der Waals surface area contributed by atoms with Crippen molar-refractivity contribution in [2.45, 2.75) is 78.9 Å². The van der Waals surface area contributed by atoms with Crippen LogP contribution in [0.3, 0.4) is 0 Å². The van der Waals surface area contributed by atoms with Crippen LogP contribution in [0.1, 0.15) is 64.4 Å². The largest absolute Gasteiger partial charge is 0.467 e. The van der Waals surface area contributed by atoms with Gasteiger partial charge in [-0.25, -0.2) is 4.79 Å². The minimum atomic E-state index is -0.401. The van der Waals surface area contributed by atoms with Crippen LogP contribution in [0.25, 0.3) is 0 Å². The maximum absolute atomic E-state index is 12.1. The highest BCUT2D eigenvalue weighted by molar-refractivity contribution is 5.89. The Hall–Kier alpha value is -3.55. The average molecular weight is 516 g/mol. The number of hydrogen-bond acceptors (Lipinski definition) is 8. The second-order valence-corrected chi connectivity index (χ2v) is 8.96. The first kappa shape index (κ1) is 31.5. The fraction of sp³-hybridized carbons (Fsp3) is 0.483. The molecule has 1 aliphatic carbocycles. The van der Waals surface area contributed by atoms with E-state index in [1.54, 1.807) is 32.1 Å². The molecule has 0 radical (unpaired) electrons. The van der Waals surface area contributed by atoms with E-state index in [0.29, 0.717) is 30.8 Å². The zero-order valence-electron chi connectivity index (χ0n) is 22.7. The van der Waals surface area contributed by atoms with E-state index in [0.717, 1.165) is 36.4 Å². The van der Waals surface area contributed by atoms with E-state index in [1.165, 1.54) is 0 Å². The van der Waals surface area contributed by atoms with E-state index in [2.05, 4.69) is 18.5 Å². The Morgan fingerprint density at radius 3 is 2.43 bits per heavy atom. The van der Waals surface area contributed by atoms with Crippen molar-refractivity contribution in [1.29, 1.82) is 0 Å². The van der Waals surface area contributed by atoms with Crippen molar-refractivity contribution in [3.8, 4) is 0 Å². The number of furan rings is 1. The summed E-state index contributed by atoms with van der Waals surface area (Å²) in [5, 5.41) is 3.22. The van der Waals surface area contributed by atoms with Crippen LogP contribution >= 0.6 is 0 Å². The highest BCUT2D eigenvalue weighted by Crippen LogP contribution is 2.23. The van der Waals surface area contributed by atoms with Crippen molar-refractivity contribution in [1.82, 2.24) is 5.32 Å². The summed E-state index contributed by atoms with van der Waals surface area (Å²) in [6.07, 6.45) is 9.06. The molecule has 0 bridgehead atoms. The summed E-state index contributed by atoms with van der Waals surface area (Å²) in [4.78, 5) is 34.4. The number of ether oxygens (including phenoxy) is 3. The van der Waals surface area contributed by atoms with Crippen molar-refractivity contribution in [2.24, 2.45) is 5.92 Å². The first-order valence-corrected chi connectivity index (χ1v) is 12.6. The lowest BCUT2D eigenvalue weighted by Crippen LogP contribution is -2.39. The number of hydrogen-bond donors (Lipinski definition) is 1. The van der Waals surface area contributed by atoms with Gasteiger partial charge in [-0.1, -0.05) is 26.8 Å². The van der Waals surface area contributed by atoms with E-state index in [-0.39, 0.29) is 30.6 Å². The molecule has 2 aliphatic rings. The first-order chi connectivity index (χ1) is 17.7. The minimum Gasteiger partial charge on any atom is -0.467 e. The third kappa shape index (κ3) is 11.8. The van der Waals surface area contributed by atoms with E-state index in [9.17, 15) is 14.4 Å². The van der Waals surface area contributed by atoms with Gasteiger partial charge >= 0.3 is 11.9 Å². The lowest BCUT2D eigenvalue weighted by atomic mass is 9.92. The molecule has 1 aromatic rings. The van der Waals surface area contributed by atoms with Crippen molar-refractivity contribution in [3.05, 3.63) is 72.1 Å². The number of cyclic esters (lactones) is 1. The Morgan fingerprint density at radius 1 is 1.22 bits per heavy atom. The highest BCUT2D eigenvalue weighted by atomic mass is 16.5. The molecular formula is C29H41NO7. The van der Waals surface area contributed by atoms with E-state index < -0.39 is 5.97 Å². The van der Waals surface area contributed by atoms with Gasteiger partial charge in [0.1, 0.15) is 35.7 Å². The summed E-state index contributed by atoms with van der Waals surface area (Å²) in [5.41, 5.74) is 1.19. The van der Waals surface area contributed by atoms with Gasteiger partial charge in [0.2, 0.25) is 0 Å². The Bertz CT molecular complexity index is 954. The lowest BCUT2D eigenvalue weighted by molar-refractivity contribution is -0.143. The maximum Gasteiger partial charge on any atom is 0.354 e. The van der Waals surface area contributed by atoms with Crippen LogP contribution < -0.4 is 5.32 Å². The molecule has 8 heteroatoms. The molecule has 1 aromatic heterocycles. The minimum absolute atomic E-state index is 0.0468. The molecule has 1 saturated carbocycles. The summed E-state index contributed by atoms with van der Waals surface area (Å²) in [6.45, 7) is 16.0. The number of rotatable bonds is 8. The van der Waals surface area contributed by atoms with Crippen LogP contribution in [0.15, 0.2) is 65.0 Å². The fourth-order valence-corrected chi connectivity index (χ4v) is 3.64. The molecule has 1 N–H and O–H groups in total. The molecule has 0 saturated heterocycles. The first-order valence-electron chi connectivity index (χ1n) is 12.6. The number of carbonyl (C=O) groups is 3. The number of carbonyl (C=O) groups excluding carboxylic acids is 3. The van der Waals surface area contributed by atoms with Gasteiger partial charge in [0, 0.05) is 18.9 Å². The fourth-order valence-electron chi connectivity index (χ4n) is 3.64. The summed E-state index contributed by atoms with van der Waals surface area (Å²) in [5.74, 6) is 1.66. The molecule has 0 amide bonds. The van der Waals surface area contributed by atoms with Gasteiger partial charge in [0.25, 0.3) is 6.47 Å². The van der Waals surface area contributed by atoms with Crippen molar-refractivity contribution in [2.75, 3.05) is 6.61 Å². The van der Waals surface area contributed by atoms with Gasteiger partial charge in [0.15, 0.2) is 0 Å². The Labute approximate surface area is 220 Å². The summed E-state index contributed by atoms with van der Waals surface area (Å²) in [7, 11) is 0. The van der Waals surface area contributed by atoms with Crippen LogP contribution in [0, 0.1) is 19.8 Å². The van der Waals surface area contributed by atoms with E-state index in [1.807, 2.05) is 32.9 Å². The predicted molar refractivity (Wildman–Crippen MR) is 142 cm³/mol. The quantitative estimate of drug-likeness (QED) is 0.156. The van der Waals surface area contributed by atoms with Crippen molar-refractivity contribution < 1.29 is 33.0 Å². The Morgan fingerprint density at radius 2 is 1.89 bits per heavy atom. The summed E-state index contributed by atoms with van der Waals surface area (Å²) < 4.78 is 20.7. The second-order valence-electron chi connectivity index (χ2n) is 8.96.